The third kappa shape index (κ3) is 3.74. The monoisotopic (exact) mass is 358 g/mol. The van der Waals surface area contributed by atoms with Crippen LogP contribution < -0.4 is 0 Å². The number of ether oxygens (including phenoxy) is 1. The Morgan fingerprint density at radius 1 is 1.31 bits per heavy atom. The molecule has 3 rings (SSSR count). The minimum Gasteiger partial charge on any atom is -0.441 e. The number of carbonyl (C=O) groups excluding carboxylic acids is 2. The molecule has 0 aliphatic carbocycles. The Morgan fingerprint density at radius 3 is 2.73 bits per heavy atom. The summed E-state index contributed by atoms with van der Waals surface area (Å²) >= 11 is 0. The molecule has 2 heterocycles. The van der Waals surface area contributed by atoms with Gasteiger partial charge in [0.25, 0.3) is 5.91 Å². The van der Waals surface area contributed by atoms with E-state index in [1.807, 2.05) is 44.2 Å². The number of oxime groups is 1. The van der Waals surface area contributed by atoms with Gasteiger partial charge in [0.05, 0.1) is 11.8 Å². The predicted molar refractivity (Wildman–Crippen MR) is 97.8 cm³/mol. The van der Waals surface area contributed by atoms with E-state index in [1.165, 1.54) is 4.90 Å². The number of amides is 2. The molecule has 6 heteroatoms. The molecule has 0 radical (unpaired) electrons. The average molecular weight is 358 g/mol. The summed E-state index contributed by atoms with van der Waals surface area (Å²) in [4.78, 5) is 32.0. The molecule has 0 spiro atoms. The van der Waals surface area contributed by atoms with Gasteiger partial charge in [-0.3, -0.25) is 4.79 Å². The van der Waals surface area contributed by atoms with Crippen molar-refractivity contribution in [2.45, 2.75) is 70.6 Å². The Balaban J connectivity index is 1.74. The van der Waals surface area contributed by atoms with Crippen molar-refractivity contribution in [3.8, 4) is 0 Å². The van der Waals surface area contributed by atoms with E-state index in [0.717, 1.165) is 30.5 Å². The van der Waals surface area contributed by atoms with Crippen LogP contribution in [0.15, 0.2) is 35.5 Å². The highest BCUT2D eigenvalue weighted by Gasteiger charge is 2.52. The summed E-state index contributed by atoms with van der Waals surface area (Å²) in [6, 6.07) is 9.42. The molecule has 0 N–H and O–H groups in total. The molecular formula is C20H26N2O4. The number of imide groups is 1. The maximum atomic E-state index is 13.0. The molecule has 2 atom stereocenters. The third-order valence-corrected chi connectivity index (χ3v) is 4.99. The van der Waals surface area contributed by atoms with Crippen molar-refractivity contribution in [1.82, 2.24) is 4.90 Å². The molecule has 2 amide bonds. The summed E-state index contributed by atoms with van der Waals surface area (Å²) in [5.41, 5.74) is 1.18. The van der Waals surface area contributed by atoms with E-state index in [0.29, 0.717) is 12.8 Å². The zero-order valence-electron chi connectivity index (χ0n) is 15.6. The standard InChI is InChI=1S/C20H26N2O4/c1-4-5-11-15-13-16(26-21-15)18(23)22-17(20(2,3)25-19(22)24)12-14-9-7-6-8-10-14/h6-10,16-17H,4-5,11-13H2,1-3H3/t16?,17-/m0/s1. The van der Waals surface area contributed by atoms with E-state index in [1.54, 1.807) is 0 Å². The van der Waals surface area contributed by atoms with Crippen molar-refractivity contribution in [3.63, 3.8) is 0 Å². The first-order valence-corrected chi connectivity index (χ1v) is 9.24. The Morgan fingerprint density at radius 2 is 2.04 bits per heavy atom. The van der Waals surface area contributed by atoms with Crippen LogP contribution in [0.2, 0.25) is 0 Å². The molecular weight excluding hydrogens is 332 g/mol. The van der Waals surface area contributed by atoms with Gasteiger partial charge >= 0.3 is 6.09 Å². The Labute approximate surface area is 154 Å². The van der Waals surface area contributed by atoms with E-state index in [4.69, 9.17) is 9.57 Å². The second-order valence-electron chi connectivity index (χ2n) is 7.44. The predicted octanol–water partition coefficient (Wildman–Crippen LogP) is 3.69. The van der Waals surface area contributed by atoms with Gasteiger partial charge in [-0.25, -0.2) is 9.69 Å². The number of carbonyl (C=O) groups is 2. The third-order valence-electron chi connectivity index (χ3n) is 4.99. The van der Waals surface area contributed by atoms with Crippen molar-refractivity contribution >= 4 is 17.7 Å². The average Bonchev–Trinajstić information content (AvgIpc) is 3.16. The fourth-order valence-corrected chi connectivity index (χ4v) is 3.44. The highest BCUT2D eigenvalue weighted by atomic mass is 16.6. The normalized spacial score (nSPS) is 24.2. The molecule has 0 saturated carbocycles. The number of nitrogens with zero attached hydrogens (tertiary/aromatic N) is 2. The molecule has 1 saturated heterocycles. The van der Waals surface area contributed by atoms with E-state index < -0.39 is 17.8 Å². The molecule has 140 valence electrons. The highest BCUT2D eigenvalue weighted by Crippen LogP contribution is 2.33. The summed E-state index contributed by atoms with van der Waals surface area (Å²) in [6.07, 6.45) is 2.54. The highest BCUT2D eigenvalue weighted by molar-refractivity contribution is 6.00. The number of hydrogen-bond acceptors (Lipinski definition) is 5. The van der Waals surface area contributed by atoms with Gasteiger partial charge in [-0.2, -0.15) is 0 Å². The van der Waals surface area contributed by atoms with Crippen LogP contribution in [0.3, 0.4) is 0 Å². The largest absolute Gasteiger partial charge is 0.441 e. The van der Waals surface area contributed by atoms with Gasteiger partial charge in [0.15, 0.2) is 0 Å². The van der Waals surface area contributed by atoms with Crippen LogP contribution in [0, 0.1) is 0 Å². The molecule has 26 heavy (non-hydrogen) atoms. The van der Waals surface area contributed by atoms with Gasteiger partial charge in [0.2, 0.25) is 6.10 Å². The van der Waals surface area contributed by atoms with E-state index in [9.17, 15) is 9.59 Å². The zero-order valence-corrected chi connectivity index (χ0v) is 15.6. The van der Waals surface area contributed by atoms with Crippen LogP contribution in [-0.2, 0) is 20.8 Å². The summed E-state index contributed by atoms with van der Waals surface area (Å²) < 4.78 is 5.49. The molecule has 1 aromatic rings. The topological polar surface area (TPSA) is 68.2 Å². The summed E-state index contributed by atoms with van der Waals surface area (Å²) in [5, 5.41) is 4.03. The minimum absolute atomic E-state index is 0.364. The number of rotatable bonds is 6. The molecule has 0 bridgehead atoms. The number of unbranched alkanes of at least 4 members (excludes halogenated alkanes) is 1. The molecule has 1 unspecified atom stereocenters. The van der Waals surface area contributed by atoms with Crippen molar-refractivity contribution in [2.24, 2.45) is 5.16 Å². The van der Waals surface area contributed by atoms with Crippen LogP contribution in [0.1, 0.15) is 52.0 Å². The van der Waals surface area contributed by atoms with E-state index in [2.05, 4.69) is 12.1 Å². The smallest absolute Gasteiger partial charge is 0.417 e. The van der Waals surface area contributed by atoms with E-state index >= 15 is 0 Å². The van der Waals surface area contributed by atoms with Crippen molar-refractivity contribution in [1.29, 1.82) is 0 Å². The van der Waals surface area contributed by atoms with Crippen LogP contribution in [0.5, 0.6) is 0 Å². The first kappa shape index (κ1) is 18.4. The quantitative estimate of drug-likeness (QED) is 0.778. The second-order valence-corrected chi connectivity index (χ2v) is 7.44. The van der Waals surface area contributed by atoms with Crippen LogP contribution in [0.25, 0.3) is 0 Å². The Kier molecular flexibility index (Phi) is 5.30. The summed E-state index contributed by atoms with van der Waals surface area (Å²) in [5.74, 6) is -0.364. The first-order valence-electron chi connectivity index (χ1n) is 9.24. The van der Waals surface area contributed by atoms with E-state index in [-0.39, 0.29) is 11.9 Å². The summed E-state index contributed by atoms with van der Waals surface area (Å²) in [7, 11) is 0. The maximum Gasteiger partial charge on any atom is 0.417 e. The Bertz CT molecular complexity index is 699. The molecule has 6 nitrogen and oxygen atoms in total. The fraction of sp³-hybridized carbons (Fsp3) is 0.550. The number of cyclic esters (lactones) is 1. The second kappa shape index (κ2) is 7.48. The summed E-state index contributed by atoms with van der Waals surface area (Å²) in [6.45, 7) is 5.78. The molecule has 2 aliphatic rings. The lowest BCUT2D eigenvalue weighted by Gasteiger charge is -2.28. The van der Waals surface area contributed by atoms with Gasteiger partial charge in [0, 0.05) is 6.42 Å². The lowest BCUT2D eigenvalue weighted by molar-refractivity contribution is -0.140. The van der Waals surface area contributed by atoms with Gasteiger partial charge in [-0.05, 0) is 38.7 Å². The maximum absolute atomic E-state index is 13.0. The zero-order chi connectivity index (χ0) is 18.7. The van der Waals surface area contributed by atoms with Crippen LogP contribution in [0.4, 0.5) is 4.79 Å². The number of hydrogen-bond donors (Lipinski definition) is 0. The fourth-order valence-electron chi connectivity index (χ4n) is 3.44. The molecule has 1 aromatic carbocycles. The molecule has 2 aliphatic heterocycles. The van der Waals surface area contributed by atoms with Crippen LogP contribution >= 0.6 is 0 Å². The van der Waals surface area contributed by atoms with Gasteiger partial charge in [-0.1, -0.05) is 48.8 Å². The SMILES string of the molecule is CCCCC1=NOC(C(=O)N2C(=O)OC(C)(C)[C@@H]2Cc2ccccc2)C1. The molecule has 1 fully saturated rings. The van der Waals surface area contributed by atoms with Gasteiger partial charge in [-0.15, -0.1) is 0 Å². The van der Waals surface area contributed by atoms with Gasteiger partial charge < -0.3 is 9.57 Å². The van der Waals surface area contributed by atoms with Crippen LogP contribution in [-0.4, -0.2) is 40.4 Å². The van der Waals surface area contributed by atoms with Crippen molar-refractivity contribution in [2.75, 3.05) is 0 Å². The first-order chi connectivity index (χ1) is 12.4. The minimum atomic E-state index is -0.757. The van der Waals surface area contributed by atoms with Crippen molar-refractivity contribution in [3.05, 3.63) is 35.9 Å². The lowest BCUT2D eigenvalue weighted by atomic mass is 9.91. The Hall–Kier alpha value is -2.37. The number of benzene rings is 1. The lowest BCUT2D eigenvalue weighted by Crippen LogP contribution is -2.49. The molecule has 0 aromatic heterocycles. The van der Waals surface area contributed by atoms with Crippen molar-refractivity contribution < 1.29 is 19.2 Å². The van der Waals surface area contributed by atoms with Gasteiger partial charge in [0.1, 0.15) is 5.60 Å².